The van der Waals surface area contributed by atoms with E-state index in [1.165, 1.54) is 4.90 Å². The molecule has 0 aromatic heterocycles. The van der Waals surface area contributed by atoms with Crippen molar-refractivity contribution in [2.24, 2.45) is 17.6 Å². The molecule has 0 bridgehead atoms. The molecule has 18 heavy (non-hydrogen) atoms. The van der Waals surface area contributed by atoms with E-state index < -0.39 is 0 Å². The average molecular weight is 244 g/mol. The van der Waals surface area contributed by atoms with Crippen molar-refractivity contribution in [1.82, 2.24) is 4.90 Å². The Morgan fingerprint density at radius 3 is 2.50 bits per heavy atom. The van der Waals surface area contributed by atoms with E-state index in [9.17, 15) is 9.59 Å². The summed E-state index contributed by atoms with van der Waals surface area (Å²) in [5.74, 6) is -0.147. The molecule has 1 saturated carbocycles. The molecular weight excluding hydrogens is 228 g/mol. The second-order valence-electron chi connectivity index (χ2n) is 5.20. The highest BCUT2D eigenvalue weighted by atomic mass is 16.2. The van der Waals surface area contributed by atoms with Gasteiger partial charge < -0.3 is 5.73 Å². The lowest BCUT2D eigenvalue weighted by Crippen LogP contribution is -2.38. The van der Waals surface area contributed by atoms with Crippen LogP contribution in [-0.2, 0) is 9.59 Å². The molecule has 1 aromatic rings. The van der Waals surface area contributed by atoms with Gasteiger partial charge in [0.15, 0.2) is 0 Å². The van der Waals surface area contributed by atoms with Crippen LogP contribution in [0.5, 0.6) is 0 Å². The summed E-state index contributed by atoms with van der Waals surface area (Å²) in [7, 11) is 0. The molecule has 4 heteroatoms. The monoisotopic (exact) mass is 244 g/mol. The Morgan fingerprint density at radius 2 is 1.89 bits per heavy atom. The lowest BCUT2D eigenvalue weighted by atomic mass is 10.0. The molecule has 2 N–H and O–H groups in total. The van der Waals surface area contributed by atoms with Crippen LogP contribution in [0.25, 0.3) is 0 Å². The molecule has 2 aliphatic rings. The number of benzene rings is 1. The molecule has 3 atom stereocenters. The zero-order valence-electron chi connectivity index (χ0n) is 10.3. The topological polar surface area (TPSA) is 63.4 Å². The zero-order valence-corrected chi connectivity index (χ0v) is 10.3. The number of nitrogens with zero attached hydrogens (tertiary/aromatic N) is 1. The fourth-order valence-electron chi connectivity index (χ4n) is 2.73. The van der Waals surface area contributed by atoms with Gasteiger partial charge in [0, 0.05) is 12.6 Å². The van der Waals surface area contributed by atoms with Crippen molar-refractivity contribution in [2.45, 2.75) is 19.4 Å². The largest absolute Gasteiger partial charge is 0.322 e. The first-order valence-corrected chi connectivity index (χ1v) is 6.26. The molecule has 2 fully saturated rings. The van der Waals surface area contributed by atoms with Crippen LogP contribution in [0.15, 0.2) is 24.3 Å². The number of amides is 2. The second kappa shape index (κ2) is 3.92. The van der Waals surface area contributed by atoms with Crippen LogP contribution < -0.4 is 5.73 Å². The minimum atomic E-state index is -0.295. The third-order valence-corrected chi connectivity index (χ3v) is 3.92. The number of rotatable bonds is 3. The summed E-state index contributed by atoms with van der Waals surface area (Å²) >= 11 is 0. The van der Waals surface area contributed by atoms with E-state index in [4.69, 9.17) is 5.73 Å². The van der Waals surface area contributed by atoms with Crippen molar-refractivity contribution in [2.75, 3.05) is 6.54 Å². The van der Waals surface area contributed by atoms with Crippen molar-refractivity contribution in [3.05, 3.63) is 35.4 Å². The van der Waals surface area contributed by atoms with E-state index in [0.717, 1.165) is 17.5 Å². The number of piperidine rings is 1. The maximum Gasteiger partial charge on any atom is 0.233 e. The highest BCUT2D eigenvalue weighted by Crippen LogP contribution is 2.47. The van der Waals surface area contributed by atoms with Crippen LogP contribution in [0.2, 0.25) is 0 Å². The van der Waals surface area contributed by atoms with Gasteiger partial charge in [-0.25, -0.2) is 0 Å². The van der Waals surface area contributed by atoms with Gasteiger partial charge in [-0.15, -0.1) is 0 Å². The van der Waals surface area contributed by atoms with Gasteiger partial charge in [0.2, 0.25) is 11.8 Å². The van der Waals surface area contributed by atoms with E-state index in [1.54, 1.807) is 0 Å². The SMILES string of the molecule is Cc1ccccc1C(N)CN1C(=O)C2CC2C1=O. The summed E-state index contributed by atoms with van der Waals surface area (Å²) in [4.78, 5) is 25.1. The molecule has 1 aromatic carbocycles. The van der Waals surface area contributed by atoms with Gasteiger partial charge in [-0.05, 0) is 24.5 Å². The van der Waals surface area contributed by atoms with Gasteiger partial charge in [-0.2, -0.15) is 0 Å². The zero-order chi connectivity index (χ0) is 12.9. The number of likely N-dealkylation sites (tertiary alicyclic amines) is 1. The van der Waals surface area contributed by atoms with Crippen LogP contribution in [0.4, 0.5) is 0 Å². The number of carbonyl (C=O) groups excluding carboxylic acids is 2. The van der Waals surface area contributed by atoms with Crippen molar-refractivity contribution in [3.8, 4) is 0 Å². The van der Waals surface area contributed by atoms with Crippen molar-refractivity contribution in [3.63, 3.8) is 0 Å². The predicted octanol–water partition coefficient (Wildman–Crippen LogP) is 1.000. The predicted molar refractivity (Wildman–Crippen MR) is 66.4 cm³/mol. The van der Waals surface area contributed by atoms with Crippen LogP contribution in [0, 0.1) is 18.8 Å². The lowest BCUT2D eigenvalue weighted by molar-refractivity contribution is -0.141. The summed E-state index contributed by atoms with van der Waals surface area (Å²) in [6, 6.07) is 7.52. The number of imide groups is 1. The van der Waals surface area contributed by atoms with Gasteiger partial charge in [-0.1, -0.05) is 24.3 Å². The molecule has 1 aliphatic carbocycles. The fraction of sp³-hybridized carbons (Fsp3) is 0.429. The molecule has 2 amide bonds. The molecule has 1 aliphatic heterocycles. The average Bonchev–Trinajstić information content (AvgIpc) is 3.10. The smallest absolute Gasteiger partial charge is 0.233 e. The molecule has 94 valence electrons. The maximum atomic E-state index is 11.9. The van der Waals surface area contributed by atoms with Gasteiger partial charge >= 0.3 is 0 Å². The van der Waals surface area contributed by atoms with E-state index in [0.29, 0.717) is 6.54 Å². The van der Waals surface area contributed by atoms with Crippen molar-refractivity contribution in [1.29, 1.82) is 0 Å². The third kappa shape index (κ3) is 1.64. The first kappa shape index (κ1) is 11.4. The molecule has 3 unspecified atom stereocenters. The summed E-state index contributed by atoms with van der Waals surface area (Å²) in [6.45, 7) is 2.29. The van der Waals surface area contributed by atoms with Crippen molar-refractivity contribution < 1.29 is 9.59 Å². The molecular formula is C14H16N2O2. The molecule has 1 heterocycles. The van der Waals surface area contributed by atoms with Crippen LogP contribution in [0.1, 0.15) is 23.6 Å². The Labute approximate surface area is 106 Å². The Morgan fingerprint density at radius 1 is 1.28 bits per heavy atom. The molecule has 3 rings (SSSR count). The second-order valence-corrected chi connectivity index (χ2v) is 5.20. The maximum absolute atomic E-state index is 11.9. The van der Waals surface area contributed by atoms with E-state index >= 15 is 0 Å². The molecule has 0 spiro atoms. The number of nitrogens with two attached hydrogens (primary N) is 1. The Hall–Kier alpha value is -1.68. The van der Waals surface area contributed by atoms with E-state index in [1.807, 2.05) is 31.2 Å². The normalized spacial score (nSPS) is 27.3. The van der Waals surface area contributed by atoms with Crippen molar-refractivity contribution >= 4 is 11.8 Å². The van der Waals surface area contributed by atoms with Crippen LogP contribution in [0.3, 0.4) is 0 Å². The van der Waals surface area contributed by atoms with Gasteiger partial charge in [-0.3, -0.25) is 14.5 Å². The Balaban J connectivity index is 1.76. The van der Waals surface area contributed by atoms with Gasteiger partial charge in [0.1, 0.15) is 0 Å². The Kier molecular flexibility index (Phi) is 2.48. The third-order valence-electron chi connectivity index (χ3n) is 3.92. The van der Waals surface area contributed by atoms with Crippen LogP contribution in [-0.4, -0.2) is 23.3 Å². The lowest BCUT2D eigenvalue weighted by Gasteiger charge is -2.22. The van der Waals surface area contributed by atoms with E-state index in [-0.39, 0.29) is 29.7 Å². The minimum Gasteiger partial charge on any atom is -0.322 e. The summed E-state index contributed by atoms with van der Waals surface area (Å²) in [6.07, 6.45) is 0.744. The standard InChI is InChI=1S/C14H16N2O2/c1-8-4-2-3-5-9(8)12(15)7-16-13(17)10-6-11(10)14(16)18/h2-5,10-12H,6-7,15H2,1H3. The minimum absolute atomic E-state index is 0.0333. The fourth-order valence-corrected chi connectivity index (χ4v) is 2.73. The first-order chi connectivity index (χ1) is 8.59. The van der Waals surface area contributed by atoms with E-state index in [2.05, 4.69) is 0 Å². The van der Waals surface area contributed by atoms with Gasteiger partial charge in [0.05, 0.1) is 11.8 Å². The highest BCUT2D eigenvalue weighted by molar-refractivity contribution is 6.08. The number of fused-ring (bicyclic) bond motifs is 1. The van der Waals surface area contributed by atoms with Crippen LogP contribution >= 0.6 is 0 Å². The highest BCUT2D eigenvalue weighted by Gasteiger charge is 2.58. The summed E-state index contributed by atoms with van der Waals surface area (Å²) < 4.78 is 0. The quantitative estimate of drug-likeness (QED) is 0.807. The number of hydrogen-bond acceptors (Lipinski definition) is 3. The molecule has 0 radical (unpaired) electrons. The summed E-state index contributed by atoms with van der Waals surface area (Å²) in [5, 5.41) is 0. The van der Waals surface area contributed by atoms with Gasteiger partial charge in [0.25, 0.3) is 0 Å². The first-order valence-electron chi connectivity index (χ1n) is 6.26. The Bertz CT molecular complexity index is 506. The number of aryl methyl sites for hydroxylation is 1. The number of carbonyl (C=O) groups is 2. The molecule has 4 nitrogen and oxygen atoms in total. The number of hydrogen-bond donors (Lipinski definition) is 1. The molecule has 1 saturated heterocycles. The summed E-state index contributed by atoms with van der Waals surface area (Å²) in [5.41, 5.74) is 8.20.